The predicted molar refractivity (Wildman–Crippen MR) is 121 cm³/mol. The van der Waals surface area contributed by atoms with E-state index in [0.29, 0.717) is 5.92 Å². The van der Waals surface area contributed by atoms with Gasteiger partial charge >= 0.3 is 0 Å². The van der Waals surface area contributed by atoms with Crippen molar-refractivity contribution >= 4 is 13.3 Å². The van der Waals surface area contributed by atoms with Crippen LogP contribution >= 0.6 is 0 Å². The van der Waals surface area contributed by atoms with E-state index in [1.165, 1.54) is 21.9 Å². The highest BCUT2D eigenvalue weighted by atomic mass is 28.3. The summed E-state index contributed by atoms with van der Waals surface area (Å²) in [6, 6.07) is 26.1. The molecule has 1 atom stereocenters. The first-order chi connectivity index (χ1) is 13.4. The molecule has 3 aromatic rings. The van der Waals surface area contributed by atoms with Crippen molar-refractivity contribution in [3.05, 3.63) is 89.5 Å². The van der Waals surface area contributed by atoms with Crippen molar-refractivity contribution in [2.24, 2.45) is 0 Å². The van der Waals surface area contributed by atoms with Crippen LogP contribution in [0.5, 0.6) is 11.5 Å². The maximum absolute atomic E-state index is 5.34. The van der Waals surface area contributed by atoms with Crippen molar-refractivity contribution in [1.29, 1.82) is 0 Å². The normalized spacial score (nSPS) is 12.5. The van der Waals surface area contributed by atoms with E-state index in [0.717, 1.165) is 17.9 Å². The fraction of sp³-hybridized carbons (Fsp3) is 0.280. The van der Waals surface area contributed by atoms with Crippen LogP contribution in [-0.2, 0) is 6.42 Å². The maximum Gasteiger partial charge on any atom is 0.118 e. The van der Waals surface area contributed by atoms with E-state index in [-0.39, 0.29) is 0 Å². The Labute approximate surface area is 170 Å². The number of ether oxygens (including phenoxy) is 2. The zero-order chi connectivity index (χ0) is 20.1. The Morgan fingerprint density at radius 1 is 0.643 bits per heavy atom. The summed E-state index contributed by atoms with van der Waals surface area (Å²) in [4.78, 5) is 0. The lowest BCUT2D eigenvalue weighted by atomic mass is 9.86. The standard InChI is InChI=1S/C25H30O2Si/c1-26-22-12-6-19(7-13-22)18-25(20-8-14-23(27-2)15-9-20)21-10-16-24(17-11-21)28(3,4)5/h6-17,25H,18H2,1-5H3. The highest BCUT2D eigenvalue weighted by Gasteiger charge is 2.19. The van der Waals surface area contributed by atoms with Gasteiger partial charge < -0.3 is 9.47 Å². The van der Waals surface area contributed by atoms with E-state index in [2.05, 4.69) is 68.2 Å². The smallest absolute Gasteiger partial charge is 0.118 e. The molecule has 2 nitrogen and oxygen atoms in total. The maximum atomic E-state index is 5.34. The number of benzene rings is 3. The van der Waals surface area contributed by atoms with Crippen LogP contribution in [-0.4, -0.2) is 22.3 Å². The summed E-state index contributed by atoms with van der Waals surface area (Å²) in [7, 11) is 2.11. The van der Waals surface area contributed by atoms with Gasteiger partial charge in [-0.25, -0.2) is 0 Å². The van der Waals surface area contributed by atoms with Crippen LogP contribution in [0.15, 0.2) is 72.8 Å². The van der Waals surface area contributed by atoms with E-state index < -0.39 is 8.07 Å². The Morgan fingerprint density at radius 2 is 1.07 bits per heavy atom. The predicted octanol–water partition coefficient (Wildman–Crippen LogP) is 5.62. The second-order valence-electron chi connectivity index (χ2n) is 8.25. The second kappa shape index (κ2) is 8.66. The van der Waals surface area contributed by atoms with Gasteiger partial charge in [-0.3, -0.25) is 0 Å². The lowest BCUT2D eigenvalue weighted by Gasteiger charge is -2.21. The number of hydrogen-bond donors (Lipinski definition) is 0. The summed E-state index contributed by atoms with van der Waals surface area (Å²) < 4.78 is 10.6. The Morgan fingerprint density at radius 3 is 1.50 bits per heavy atom. The summed E-state index contributed by atoms with van der Waals surface area (Å²) in [6.07, 6.45) is 0.947. The monoisotopic (exact) mass is 390 g/mol. The van der Waals surface area contributed by atoms with Gasteiger partial charge in [0.25, 0.3) is 0 Å². The molecule has 0 spiro atoms. The lowest BCUT2D eigenvalue weighted by Crippen LogP contribution is -2.37. The molecular weight excluding hydrogens is 360 g/mol. The van der Waals surface area contributed by atoms with Crippen molar-refractivity contribution in [3.8, 4) is 11.5 Å². The van der Waals surface area contributed by atoms with Gasteiger partial charge in [0.2, 0.25) is 0 Å². The third-order valence-electron chi connectivity index (χ3n) is 5.30. The largest absolute Gasteiger partial charge is 0.497 e. The highest BCUT2D eigenvalue weighted by molar-refractivity contribution is 6.88. The molecule has 3 aromatic carbocycles. The third-order valence-corrected chi connectivity index (χ3v) is 7.36. The molecule has 0 saturated heterocycles. The summed E-state index contributed by atoms with van der Waals surface area (Å²) in [5, 5.41) is 1.49. The molecule has 146 valence electrons. The van der Waals surface area contributed by atoms with Crippen molar-refractivity contribution in [1.82, 2.24) is 0 Å². The zero-order valence-corrected chi connectivity index (χ0v) is 18.5. The molecule has 0 aromatic heterocycles. The molecule has 0 aliphatic rings. The minimum atomic E-state index is -1.30. The Hall–Kier alpha value is -2.52. The number of hydrogen-bond acceptors (Lipinski definition) is 2. The van der Waals surface area contributed by atoms with Crippen LogP contribution in [0.1, 0.15) is 22.6 Å². The third kappa shape index (κ3) is 4.85. The van der Waals surface area contributed by atoms with E-state index in [1.807, 2.05) is 24.3 Å². The summed E-state index contributed by atoms with van der Waals surface area (Å²) in [5.74, 6) is 2.08. The molecule has 1 unspecified atom stereocenters. The van der Waals surface area contributed by atoms with Crippen molar-refractivity contribution in [2.75, 3.05) is 14.2 Å². The molecule has 0 aliphatic heterocycles. The molecule has 3 rings (SSSR count). The van der Waals surface area contributed by atoms with Crippen LogP contribution in [0.3, 0.4) is 0 Å². The zero-order valence-electron chi connectivity index (χ0n) is 17.5. The van der Waals surface area contributed by atoms with Gasteiger partial charge in [0.15, 0.2) is 0 Å². The molecule has 0 N–H and O–H groups in total. The van der Waals surface area contributed by atoms with E-state index >= 15 is 0 Å². The average molecular weight is 391 g/mol. The van der Waals surface area contributed by atoms with E-state index in [4.69, 9.17) is 9.47 Å². The molecule has 28 heavy (non-hydrogen) atoms. The molecule has 0 bridgehead atoms. The first-order valence-electron chi connectivity index (χ1n) is 9.78. The molecular formula is C25H30O2Si. The van der Waals surface area contributed by atoms with Crippen LogP contribution in [0.4, 0.5) is 0 Å². The first-order valence-corrected chi connectivity index (χ1v) is 13.3. The molecule has 0 amide bonds. The van der Waals surface area contributed by atoms with Crippen LogP contribution < -0.4 is 14.7 Å². The van der Waals surface area contributed by atoms with Gasteiger partial charge in [0, 0.05) is 5.92 Å². The van der Waals surface area contributed by atoms with Gasteiger partial charge in [-0.15, -0.1) is 0 Å². The van der Waals surface area contributed by atoms with Crippen molar-refractivity contribution in [3.63, 3.8) is 0 Å². The summed E-state index contributed by atoms with van der Waals surface area (Å²) in [5.41, 5.74) is 3.95. The lowest BCUT2D eigenvalue weighted by molar-refractivity contribution is 0.414. The Kier molecular flexibility index (Phi) is 6.25. The summed E-state index contributed by atoms with van der Waals surface area (Å²) >= 11 is 0. The molecule has 0 saturated carbocycles. The fourth-order valence-electron chi connectivity index (χ4n) is 3.48. The average Bonchev–Trinajstić information content (AvgIpc) is 2.72. The van der Waals surface area contributed by atoms with E-state index in [9.17, 15) is 0 Å². The number of rotatable bonds is 7. The van der Waals surface area contributed by atoms with Crippen LogP contribution in [0, 0.1) is 0 Å². The quantitative estimate of drug-likeness (QED) is 0.487. The summed E-state index contributed by atoms with van der Waals surface area (Å²) in [6.45, 7) is 7.17. The molecule has 0 radical (unpaired) electrons. The molecule has 0 fully saturated rings. The van der Waals surface area contributed by atoms with Gasteiger partial charge in [-0.05, 0) is 47.4 Å². The fourth-order valence-corrected chi connectivity index (χ4v) is 4.64. The number of methoxy groups -OCH3 is 2. The topological polar surface area (TPSA) is 18.5 Å². The Balaban J connectivity index is 1.95. The SMILES string of the molecule is COc1ccc(CC(c2ccc(OC)cc2)c2ccc([Si](C)(C)C)cc2)cc1. The van der Waals surface area contributed by atoms with Gasteiger partial charge in [0.05, 0.1) is 22.3 Å². The van der Waals surface area contributed by atoms with Crippen molar-refractivity contribution < 1.29 is 9.47 Å². The highest BCUT2D eigenvalue weighted by Crippen LogP contribution is 2.30. The second-order valence-corrected chi connectivity index (χ2v) is 13.3. The van der Waals surface area contributed by atoms with E-state index in [1.54, 1.807) is 14.2 Å². The van der Waals surface area contributed by atoms with Gasteiger partial charge in [-0.1, -0.05) is 73.4 Å². The van der Waals surface area contributed by atoms with Gasteiger partial charge in [-0.2, -0.15) is 0 Å². The molecule has 0 heterocycles. The van der Waals surface area contributed by atoms with Gasteiger partial charge in [0.1, 0.15) is 11.5 Å². The van der Waals surface area contributed by atoms with Crippen LogP contribution in [0.25, 0.3) is 0 Å². The molecule has 0 aliphatic carbocycles. The first kappa shape index (κ1) is 20.2. The minimum absolute atomic E-state index is 0.301. The minimum Gasteiger partial charge on any atom is -0.497 e. The molecule has 3 heteroatoms. The van der Waals surface area contributed by atoms with Crippen molar-refractivity contribution in [2.45, 2.75) is 32.0 Å². The van der Waals surface area contributed by atoms with Crippen LogP contribution in [0.2, 0.25) is 19.6 Å². The Bertz CT molecular complexity index is 876.